The highest BCUT2D eigenvalue weighted by Gasteiger charge is 2.10. The lowest BCUT2D eigenvalue weighted by atomic mass is 10.3. The summed E-state index contributed by atoms with van der Waals surface area (Å²) in [6.07, 6.45) is 1.08. The molecule has 0 bridgehead atoms. The van der Waals surface area contributed by atoms with Gasteiger partial charge >= 0.3 is 0 Å². The van der Waals surface area contributed by atoms with E-state index in [1.807, 2.05) is 6.92 Å². The number of hydrogen-bond donors (Lipinski definition) is 2. The number of nitrogens with zero attached hydrogens (tertiary/aromatic N) is 1. The highest BCUT2D eigenvalue weighted by Crippen LogP contribution is 1.96. The summed E-state index contributed by atoms with van der Waals surface area (Å²) in [5.74, 6) is -0.596. The van der Waals surface area contributed by atoms with Crippen LogP contribution in [0, 0.1) is 0 Å². The number of carbonyl (C=O) groups excluding carboxylic acids is 1. The van der Waals surface area contributed by atoms with Gasteiger partial charge < -0.3 is 0 Å². The highest BCUT2D eigenvalue weighted by atomic mass is 32.2. The van der Waals surface area contributed by atoms with Gasteiger partial charge in [-0.1, -0.05) is 13.5 Å². The zero-order valence-electron chi connectivity index (χ0n) is 10.3. The molecule has 0 aromatic carbocycles. The van der Waals surface area contributed by atoms with Crippen molar-refractivity contribution in [1.29, 1.82) is 0 Å². The molecular weight excluding hydrogens is 244 g/mol. The van der Waals surface area contributed by atoms with E-state index in [1.165, 1.54) is 0 Å². The van der Waals surface area contributed by atoms with Crippen LogP contribution in [-0.2, 0) is 14.9 Å². The first-order valence-corrected chi connectivity index (χ1v) is 7.03. The summed E-state index contributed by atoms with van der Waals surface area (Å²) < 4.78 is 29.7. The average molecular weight is 264 g/mol. The van der Waals surface area contributed by atoms with Crippen molar-refractivity contribution in [1.82, 2.24) is 10.4 Å². The Labute approximate surface area is 102 Å². The van der Waals surface area contributed by atoms with Gasteiger partial charge in [-0.05, 0) is 19.8 Å². The number of carbonyl (C=O) groups is 1. The fraction of sp³-hybridized carbons (Fsp3) is 0.700. The first kappa shape index (κ1) is 16.1. The molecule has 0 aliphatic heterocycles. The first-order chi connectivity index (χ1) is 7.76. The minimum absolute atomic E-state index is 0.259. The van der Waals surface area contributed by atoms with Crippen LogP contribution in [0.1, 0.15) is 26.7 Å². The summed E-state index contributed by atoms with van der Waals surface area (Å²) in [4.78, 5) is 11.4. The maximum atomic E-state index is 11.4. The fourth-order valence-electron chi connectivity index (χ4n) is 1.17. The molecule has 100 valence electrons. The molecule has 0 heterocycles. The Morgan fingerprint density at radius 3 is 2.41 bits per heavy atom. The number of hydrazine groups is 1. The smallest absolute Gasteiger partial charge is 0.264 e. The van der Waals surface area contributed by atoms with E-state index in [0.29, 0.717) is 18.7 Å². The summed E-state index contributed by atoms with van der Waals surface area (Å²) in [5, 5.41) is 1.63. The van der Waals surface area contributed by atoms with Crippen molar-refractivity contribution in [3.05, 3.63) is 12.2 Å². The molecule has 0 aromatic rings. The van der Waals surface area contributed by atoms with E-state index in [0.717, 1.165) is 6.42 Å². The molecule has 0 aliphatic carbocycles. The lowest BCUT2D eigenvalue weighted by molar-refractivity contribution is -0.122. The molecule has 0 aromatic heterocycles. The van der Waals surface area contributed by atoms with Crippen LogP contribution in [0.4, 0.5) is 0 Å². The zero-order valence-corrected chi connectivity index (χ0v) is 11.1. The zero-order chi connectivity index (χ0) is 13.5. The van der Waals surface area contributed by atoms with E-state index in [1.54, 1.807) is 11.9 Å². The van der Waals surface area contributed by atoms with Crippen molar-refractivity contribution in [3.63, 3.8) is 0 Å². The third-order valence-electron chi connectivity index (χ3n) is 1.97. The summed E-state index contributed by atoms with van der Waals surface area (Å²) in [6, 6.07) is 0. The second-order valence-electron chi connectivity index (χ2n) is 3.85. The Hall–Kier alpha value is -0.920. The molecule has 17 heavy (non-hydrogen) atoms. The minimum Gasteiger partial charge on any atom is -0.286 e. The summed E-state index contributed by atoms with van der Waals surface area (Å²) >= 11 is 0. The summed E-state index contributed by atoms with van der Waals surface area (Å²) in [7, 11) is -3.94. The van der Waals surface area contributed by atoms with Crippen LogP contribution in [-0.4, -0.2) is 42.7 Å². The first-order valence-electron chi connectivity index (χ1n) is 5.43. The Bertz CT molecular complexity index is 365. The van der Waals surface area contributed by atoms with Crippen LogP contribution in [0.25, 0.3) is 0 Å². The molecule has 0 saturated carbocycles. The Balaban J connectivity index is 4.15. The third-order valence-corrected chi connectivity index (χ3v) is 2.78. The van der Waals surface area contributed by atoms with Gasteiger partial charge in [0.25, 0.3) is 16.0 Å². The quantitative estimate of drug-likeness (QED) is 0.380. The van der Waals surface area contributed by atoms with E-state index in [9.17, 15) is 13.2 Å². The van der Waals surface area contributed by atoms with Crippen molar-refractivity contribution >= 4 is 16.0 Å². The Kier molecular flexibility index (Phi) is 7.01. The molecule has 0 aliphatic rings. The van der Waals surface area contributed by atoms with Gasteiger partial charge in [-0.25, -0.2) is 5.01 Å². The molecule has 0 atom stereocenters. The second-order valence-corrected chi connectivity index (χ2v) is 5.42. The SMILES string of the molecule is C=C(C)C(=O)NN(CCC)CCCS(=O)(=O)O. The standard InChI is InChI=1S/C10H20N2O4S/c1-4-6-12(11-10(13)9(2)3)7-5-8-17(14,15)16/h2,4-8H2,1,3H3,(H,11,13)(H,14,15,16). The highest BCUT2D eigenvalue weighted by molar-refractivity contribution is 7.85. The largest absolute Gasteiger partial charge is 0.286 e. The van der Waals surface area contributed by atoms with Crippen molar-refractivity contribution in [3.8, 4) is 0 Å². The van der Waals surface area contributed by atoms with Crippen LogP contribution in [0.15, 0.2) is 12.2 Å². The minimum atomic E-state index is -3.94. The van der Waals surface area contributed by atoms with Crippen molar-refractivity contribution < 1.29 is 17.8 Å². The van der Waals surface area contributed by atoms with Gasteiger partial charge in [0.2, 0.25) is 0 Å². The molecule has 0 saturated heterocycles. The van der Waals surface area contributed by atoms with Gasteiger partial charge in [0.15, 0.2) is 0 Å². The van der Waals surface area contributed by atoms with Gasteiger partial charge in [-0.15, -0.1) is 0 Å². The van der Waals surface area contributed by atoms with E-state index >= 15 is 0 Å². The van der Waals surface area contributed by atoms with E-state index in [2.05, 4.69) is 12.0 Å². The topological polar surface area (TPSA) is 86.7 Å². The van der Waals surface area contributed by atoms with E-state index < -0.39 is 10.1 Å². The molecule has 0 fully saturated rings. The van der Waals surface area contributed by atoms with Gasteiger partial charge in [0.05, 0.1) is 5.75 Å². The third kappa shape index (κ3) is 8.84. The maximum Gasteiger partial charge on any atom is 0.264 e. The lowest BCUT2D eigenvalue weighted by Crippen LogP contribution is -2.43. The predicted octanol–water partition coefficient (Wildman–Crippen LogP) is 0.584. The van der Waals surface area contributed by atoms with Gasteiger partial charge in [-0.3, -0.25) is 14.8 Å². The van der Waals surface area contributed by atoms with Crippen molar-refractivity contribution in [2.45, 2.75) is 26.7 Å². The molecule has 7 heteroatoms. The monoisotopic (exact) mass is 264 g/mol. The second kappa shape index (κ2) is 7.41. The lowest BCUT2D eigenvalue weighted by Gasteiger charge is -2.22. The molecular formula is C10H20N2O4S. The predicted molar refractivity (Wildman–Crippen MR) is 65.9 cm³/mol. The molecule has 0 unspecified atom stereocenters. The fourth-order valence-corrected chi connectivity index (χ4v) is 1.66. The number of rotatable bonds is 8. The maximum absolute atomic E-state index is 11.4. The van der Waals surface area contributed by atoms with Crippen LogP contribution in [0.2, 0.25) is 0 Å². The molecule has 0 radical (unpaired) electrons. The molecule has 0 spiro atoms. The van der Waals surface area contributed by atoms with Crippen molar-refractivity contribution in [2.75, 3.05) is 18.8 Å². The molecule has 0 rings (SSSR count). The van der Waals surface area contributed by atoms with Crippen molar-refractivity contribution in [2.24, 2.45) is 0 Å². The van der Waals surface area contributed by atoms with Crippen LogP contribution < -0.4 is 5.43 Å². The van der Waals surface area contributed by atoms with Crippen LogP contribution >= 0.6 is 0 Å². The summed E-state index contributed by atoms with van der Waals surface area (Å²) in [5.41, 5.74) is 3.01. The number of amides is 1. The number of hydrogen-bond acceptors (Lipinski definition) is 4. The van der Waals surface area contributed by atoms with Gasteiger partial charge in [0, 0.05) is 18.7 Å². The van der Waals surface area contributed by atoms with Crippen LogP contribution in [0.3, 0.4) is 0 Å². The normalized spacial score (nSPS) is 11.5. The average Bonchev–Trinajstić information content (AvgIpc) is 2.15. The molecule has 1 amide bonds. The van der Waals surface area contributed by atoms with Gasteiger partial charge in [-0.2, -0.15) is 8.42 Å². The Morgan fingerprint density at radius 2 is 2.00 bits per heavy atom. The molecule has 2 N–H and O–H groups in total. The van der Waals surface area contributed by atoms with E-state index in [4.69, 9.17) is 4.55 Å². The Morgan fingerprint density at radius 1 is 1.41 bits per heavy atom. The summed E-state index contributed by atoms with van der Waals surface area (Å²) in [6.45, 7) is 8.04. The van der Waals surface area contributed by atoms with Crippen LogP contribution in [0.5, 0.6) is 0 Å². The van der Waals surface area contributed by atoms with E-state index in [-0.39, 0.29) is 18.1 Å². The molecule has 6 nitrogen and oxygen atoms in total. The van der Waals surface area contributed by atoms with Gasteiger partial charge in [0.1, 0.15) is 0 Å². The number of nitrogens with one attached hydrogen (secondary N) is 1.